The van der Waals surface area contributed by atoms with Crippen LogP contribution in [0.5, 0.6) is 0 Å². The molecular weight excluding hydrogens is 254 g/mol. The summed E-state index contributed by atoms with van der Waals surface area (Å²) in [5.74, 6) is 0. The van der Waals surface area contributed by atoms with Crippen LogP contribution in [0, 0.1) is 5.41 Å². The summed E-state index contributed by atoms with van der Waals surface area (Å²) >= 11 is 0. The second-order valence-corrected chi connectivity index (χ2v) is 5.99. The number of piperidine rings is 1. The van der Waals surface area contributed by atoms with Crippen molar-refractivity contribution in [1.29, 1.82) is 0 Å². The van der Waals surface area contributed by atoms with Crippen molar-refractivity contribution in [3.8, 4) is 0 Å². The molecule has 0 amide bonds. The van der Waals surface area contributed by atoms with Crippen molar-refractivity contribution in [2.45, 2.75) is 45.3 Å². The van der Waals surface area contributed by atoms with E-state index >= 15 is 0 Å². The van der Waals surface area contributed by atoms with E-state index in [0.717, 1.165) is 45.3 Å². The number of aliphatic hydroxyl groups is 2. The van der Waals surface area contributed by atoms with Crippen LogP contribution in [0.25, 0.3) is 0 Å². The molecule has 1 aromatic rings. The van der Waals surface area contributed by atoms with Gasteiger partial charge in [-0.3, -0.25) is 0 Å². The molecule has 20 heavy (non-hydrogen) atoms. The number of β-amino-alcohol motifs (C(OH)–C–C–N with tert-alkyl or cyclic N) is 1. The molecule has 5 nitrogen and oxygen atoms in total. The molecule has 1 aliphatic heterocycles. The molecule has 2 atom stereocenters. The van der Waals surface area contributed by atoms with E-state index in [1.807, 2.05) is 12.5 Å². The van der Waals surface area contributed by atoms with Gasteiger partial charge in [0.25, 0.3) is 0 Å². The standard InChI is InChI=1S/C15H27N3O2/c1-2-4-15(12-19)5-9-17(11-14(15)20)7-3-8-18-10-6-16-13-18/h6,10,13-14,19-20H,2-5,7-9,11-12H2,1H3/t14-,15-/m1/s1. The minimum Gasteiger partial charge on any atom is -0.396 e. The van der Waals surface area contributed by atoms with E-state index in [0.29, 0.717) is 6.54 Å². The van der Waals surface area contributed by atoms with Crippen LogP contribution in [-0.4, -0.2) is 57.0 Å². The zero-order chi connectivity index (χ0) is 14.4. The molecule has 1 aliphatic rings. The first-order chi connectivity index (χ1) is 9.70. The first-order valence-electron chi connectivity index (χ1n) is 7.67. The van der Waals surface area contributed by atoms with Crippen LogP contribution in [0.15, 0.2) is 18.7 Å². The zero-order valence-corrected chi connectivity index (χ0v) is 12.4. The van der Waals surface area contributed by atoms with Crippen LogP contribution < -0.4 is 0 Å². The predicted molar refractivity (Wildman–Crippen MR) is 78.3 cm³/mol. The minimum atomic E-state index is -0.408. The van der Waals surface area contributed by atoms with Gasteiger partial charge in [-0.05, 0) is 32.4 Å². The maximum atomic E-state index is 10.4. The number of aryl methyl sites for hydroxylation is 1. The van der Waals surface area contributed by atoms with Crippen LogP contribution in [-0.2, 0) is 6.54 Å². The Kier molecular flexibility index (Phi) is 5.57. The highest BCUT2D eigenvalue weighted by atomic mass is 16.3. The number of hydrogen-bond donors (Lipinski definition) is 2. The third-order valence-corrected chi connectivity index (χ3v) is 4.58. The number of aromatic nitrogens is 2. The Bertz CT molecular complexity index is 382. The van der Waals surface area contributed by atoms with E-state index in [9.17, 15) is 10.2 Å². The molecule has 5 heteroatoms. The van der Waals surface area contributed by atoms with Gasteiger partial charge >= 0.3 is 0 Å². The Labute approximate surface area is 121 Å². The Hall–Kier alpha value is -0.910. The summed E-state index contributed by atoms with van der Waals surface area (Å²) in [5.41, 5.74) is -0.268. The van der Waals surface area contributed by atoms with Crippen LogP contribution in [0.1, 0.15) is 32.6 Å². The number of rotatable bonds is 7. The van der Waals surface area contributed by atoms with Crippen molar-refractivity contribution >= 4 is 0 Å². The topological polar surface area (TPSA) is 61.5 Å². The molecule has 0 radical (unpaired) electrons. The van der Waals surface area contributed by atoms with Crippen molar-refractivity contribution in [2.75, 3.05) is 26.2 Å². The third-order valence-electron chi connectivity index (χ3n) is 4.58. The highest BCUT2D eigenvalue weighted by molar-refractivity contribution is 4.92. The molecule has 1 fully saturated rings. The van der Waals surface area contributed by atoms with Gasteiger partial charge in [0.1, 0.15) is 0 Å². The smallest absolute Gasteiger partial charge is 0.0945 e. The van der Waals surface area contributed by atoms with Gasteiger partial charge in [0.2, 0.25) is 0 Å². The third kappa shape index (κ3) is 3.59. The van der Waals surface area contributed by atoms with Crippen molar-refractivity contribution in [3.05, 3.63) is 18.7 Å². The van der Waals surface area contributed by atoms with Gasteiger partial charge in [-0.1, -0.05) is 13.3 Å². The minimum absolute atomic E-state index is 0.102. The summed E-state index contributed by atoms with van der Waals surface area (Å²) in [5, 5.41) is 20.0. The molecule has 0 unspecified atom stereocenters. The van der Waals surface area contributed by atoms with Crippen LogP contribution in [0.3, 0.4) is 0 Å². The fraction of sp³-hybridized carbons (Fsp3) is 0.800. The summed E-state index contributed by atoms with van der Waals surface area (Å²) in [6.45, 7) is 5.83. The van der Waals surface area contributed by atoms with Gasteiger partial charge in [0.05, 0.1) is 19.0 Å². The molecule has 0 aromatic carbocycles. The second-order valence-electron chi connectivity index (χ2n) is 5.99. The molecule has 114 valence electrons. The van der Waals surface area contributed by atoms with Gasteiger partial charge in [-0.15, -0.1) is 0 Å². The Morgan fingerprint density at radius 3 is 2.85 bits per heavy atom. The van der Waals surface area contributed by atoms with Crippen molar-refractivity contribution in [2.24, 2.45) is 5.41 Å². The van der Waals surface area contributed by atoms with Crippen molar-refractivity contribution < 1.29 is 10.2 Å². The fourth-order valence-corrected chi connectivity index (χ4v) is 3.23. The van der Waals surface area contributed by atoms with Gasteiger partial charge in [0, 0.05) is 30.9 Å². The average molecular weight is 281 g/mol. The summed E-state index contributed by atoms with van der Waals surface area (Å²) in [7, 11) is 0. The average Bonchev–Trinajstić information content (AvgIpc) is 2.95. The molecule has 2 heterocycles. The molecule has 0 saturated carbocycles. The first-order valence-corrected chi connectivity index (χ1v) is 7.67. The SMILES string of the molecule is CCC[C@]1(CO)CCN(CCCn2ccnc2)C[C@H]1O. The van der Waals surface area contributed by atoms with Gasteiger partial charge in [-0.25, -0.2) is 4.98 Å². The lowest BCUT2D eigenvalue weighted by Gasteiger charge is -2.44. The summed E-state index contributed by atoms with van der Waals surface area (Å²) < 4.78 is 2.08. The second kappa shape index (κ2) is 7.20. The van der Waals surface area contributed by atoms with E-state index in [2.05, 4.69) is 21.4 Å². The number of likely N-dealkylation sites (tertiary alicyclic amines) is 1. The maximum absolute atomic E-state index is 10.4. The van der Waals surface area contributed by atoms with Gasteiger partial charge < -0.3 is 19.7 Å². The van der Waals surface area contributed by atoms with E-state index in [1.165, 1.54) is 0 Å². The van der Waals surface area contributed by atoms with Crippen LogP contribution in [0.4, 0.5) is 0 Å². The Balaban J connectivity index is 1.77. The molecule has 2 N–H and O–H groups in total. The monoisotopic (exact) mass is 281 g/mol. The number of hydrogen-bond acceptors (Lipinski definition) is 4. The predicted octanol–water partition coefficient (Wildman–Crippen LogP) is 1.12. The van der Waals surface area contributed by atoms with Crippen molar-refractivity contribution in [1.82, 2.24) is 14.5 Å². The van der Waals surface area contributed by atoms with E-state index in [1.54, 1.807) is 6.20 Å². The Morgan fingerprint density at radius 2 is 2.25 bits per heavy atom. The maximum Gasteiger partial charge on any atom is 0.0945 e. The van der Waals surface area contributed by atoms with Gasteiger partial charge in [-0.2, -0.15) is 0 Å². The molecule has 0 spiro atoms. The lowest BCUT2D eigenvalue weighted by atomic mass is 9.73. The molecule has 1 saturated heterocycles. The van der Waals surface area contributed by atoms with E-state index in [-0.39, 0.29) is 12.0 Å². The van der Waals surface area contributed by atoms with E-state index < -0.39 is 6.10 Å². The lowest BCUT2D eigenvalue weighted by molar-refractivity contribution is -0.0786. The summed E-state index contributed by atoms with van der Waals surface area (Å²) in [6, 6.07) is 0. The Morgan fingerprint density at radius 1 is 1.40 bits per heavy atom. The molecular formula is C15H27N3O2. The molecule has 1 aromatic heterocycles. The summed E-state index contributed by atoms with van der Waals surface area (Å²) in [4.78, 5) is 6.34. The van der Waals surface area contributed by atoms with Crippen LogP contribution in [0.2, 0.25) is 0 Å². The summed E-state index contributed by atoms with van der Waals surface area (Å²) in [6.07, 6.45) is 9.07. The lowest BCUT2D eigenvalue weighted by Crippen LogP contribution is -2.52. The molecule has 0 aliphatic carbocycles. The number of aliphatic hydroxyl groups excluding tert-OH is 2. The van der Waals surface area contributed by atoms with Crippen LogP contribution >= 0.6 is 0 Å². The first kappa shape index (κ1) is 15.5. The van der Waals surface area contributed by atoms with E-state index in [4.69, 9.17) is 0 Å². The fourth-order valence-electron chi connectivity index (χ4n) is 3.23. The highest BCUT2D eigenvalue weighted by Gasteiger charge is 2.40. The quantitative estimate of drug-likeness (QED) is 0.786. The largest absolute Gasteiger partial charge is 0.396 e. The number of nitrogens with zero attached hydrogens (tertiary/aromatic N) is 3. The molecule has 2 rings (SSSR count). The highest BCUT2D eigenvalue weighted by Crippen LogP contribution is 2.35. The normalized spacial score (nSPS) is 27.9. The van der Waals surface area contributed by atoms with Gasteiger partial charge in [0.15, 0.2) is 0 Å². The molecule has 0 bridgehead atoms. The number of imidazole rings is 1. The zero-order valence-electron chi connectivity index (χ0n) is 12.4. The van der Waals surface area contributed by atoms with Crippen molar-refractivity contribution in [3.63, 3.8) is 0 Å².